The average molecular weight is 235 g/mol. The first-order valence-corrected chi connectivity index (χ1v) is 5.68. The van der Waals surface area contributed by atoms with Crippen LogP contribution in [-0.4, -0.2) is 18.1 Å². The van der Waals surface area contributed by atoms with E-state index in [1.165, 1.54) is 5.56 Å². The molecule has 0 bridgehead atoms. The van der Waals surface area contributed by atoms with Crippen LogP contribution >= 0.6 is 0 Å². The summed E-state index contributed by atoms with van der Waals surface area (Å²) in [4.78, 5) is 14.8. The predicted molar refractivity (Wildman–Crippen MR) is 71.2 cm³/mol. The monoisotopic (exact) mass is 235 g/mol. The lowest BCUT2D eigenvalue weighted by molar-refractivity contribution is -0.110. The van der Waals surface area contributed by atoms with Gasteiger partial charge in [0.25, 0.3) is 0 Å². The average Bonchev–Trinajstić information content (AvgIpc) is 2.29. The molecule has 1 rings (SSSR count). The highest BCUT2D eigenvalue weighted by Crippen LogP contribution is 1.94. The van der Waals surface area contributed by atoms with Crippen molar-refractivity contribution in [2.24, 2.45) is 5.16 Å². The zero-order chi connectivity index (χ0) is 13.1. The highest BCUT2D eigenvalue weighted by Gasteiger charge is 1.98. The summed E-state index contributed by atoms with van der Waals surface area (Å²) in [5.41, 5.74) is 2.18. The molecule has 0 aromatic heterocycles. The number of benzene rings is 1. The van der Waals surface area contributed by atoms with Crippen LogP contribution in [0.1, 0.15) is 32.8 Å². The summed E-state index contributed by atoms with van der Waals surface area (Å²) in [7, 11) is 0. The molecule has 1 aromatic rings. The van der Waals surface area contributed by atoms with Crippen LogP contribution in [-0.2, 0) is 9.63 Å². The molecule has 0 aliphatic carbocycles. The summed E-state index contributed by atoms with van der Waals surface area (Å²) < 4.78 is 0. The molecular formula is C14H21NO2. The highest BCUT2D eigenvalue weighted by atomic mass is 16.6. The lowest BCUT2D eigenvalue weighted by atomic mass is 10.2. The molecule has 0 radical (unpaired) electrons. The lowest BCUT2D eigenvalue weighted by Crippen LogP contribution is -2.05. The molecular weight excluding hydrogens is 214 g/mol. The van der Waals surface area contributed by atoms with Crippen molar-refractivity contribution in [2.45, 2.75) is 40.2 Å². The van der Waals surface area contributed by atoms with E-state index in [1.807, 2.05) is 32.0 Å². The van der Waals surface area contributed by atoms with Crippen molar-refractivity contribution >= 4 is 12.0 Å². The summed E-state index contributed by atoms with van der Waals surface area (Å²) in [5, 5.41) is 3.70. The van der Waals surface area contributed by atoms with Gasteiger partial charge >= 0.3 is 0 Å². The zero-order valence-corrected chi connectivity index (χ0v) is 11.0. The SMILES string of the molecule is CC(C)=NOC(C)CC=O.Cc1ccccc1. The Bertz CT molecular complexity index is 329. The molecule has 0 heterocycles. The van der Waals surface area contributed by atoms with Gasteiger partial charge in [0, 0.05) is 6.42 Å². The van der Waals surface area contributed by atoms with Gasteiger partial charge in [-0.2, -0.15) is 0 Å². The zero-order valence-electron chi connectivity index (χ0n) is 11.0. The number of carbonyl (C=O) groups is 1. The van der Waals surface area contributed by atoms with E-state index in [2.05, 4.69) is 24.2 Å². The fourth-order valence-electron chi connectivity index (χ4n) is 0.908. The van der Waals surface area contributed by atoms with E-state index in [9.17, 15) is 4.79 Å². The smallest absolute Gasteiger partial charge is 0.131 e. The second kappa shape index (κ2) is 9.58. The Kier molecular flexibility index (Phi) is 8.65. The number of aldehydes is 1. The molecule has 0 N–H and O–H groups in total. The van der Waals surface area contributed by atoms with Crippen LogP contribution in [0.15, 0.2) is 35.5 Å². The van der Waals surface area contributed by atoms with E-state index in [-0.39, 0.29) is 6.10 Å². The van der Waals surface area contributed by atoms with E-state index in [0.717, 1.165) is 12.0 Å². The quantitative estimate of drug-likeness (QED) is 0.456. The molecule has 0 spiro atoms. The summed E-state index contributed by atoms with van der Waals surface area (Å²) in [6, 6.07) is 10.3. The maximum Gasteiger partial charge on any atom is 0.131 e. The Labute approximate surface area is 103 Å². The molecule has 94 valence electrons. The van der Waals surface area contributed by atoms with Gasteiger partial charge in [-0.3, -0.25) is 0 Å². The topological polar surface area (TPSA) is 38.7 Å². The van der Waals surface area contributed by atoms with E-state index in [4.69, 9.17) is 4.84 Å². The first kappa shape index (κ1) is 15.4. The maximum absolute atomic E-state index is 9.93. The number of hydrogen-bond donors (Lipinski definition) is 0. The van der Waals surface area contributed by atoms with Crippen LogP contribution in [0.4, 0.5) is 0 Å². The summed E-state index contributed by atoms with van der Waals surface area (Å²) >= 11 is 0. The molecule has 0 aliphatic rings. The molecule has 1 atom stereocenters. The Hall–Kier alpha value is -1.64. The van der Waals surface area contributed by atoms with Gasteiger partial charge in [-0.1, -0.05) is 41.1 Å². The third-order valence-electron chi connectivity index (χ3n) is 1.78. The van der Waals surface area contributed by atoms with Gasteiger partial charge in [0.1, 0.15) is 12.4 Å². The first-order chi connectivity index (χ1) is 8.06. The Morgan fingerprint density at radius 3 is 2.29 bits per heavy atom. The number of rotatable bonds is 4. The minimum Gasteiger partial charge on any atom is -0.392 e. The molecule has 0 saturated carbocycles. The van der Waals surface area contributed by atoms with Gasteiger partial charge in [0.15, 0.2) is 0 Å². The second-order valence-corrected chi connectivity index (χ2v) is 4.01. The van der Waals surface area contributed by atoms with E-state index < -0.39 is 0 Å². The fourth-order valence-corrected chi connectivity index (χ4v) is 0.908. The van der Waals surface area contributed by atoms with Gasteiger partial charge in [0.2, 0.25) is 0 Å². The fraction of sp³-hybridized carbons (Fsp3) is 0.429. The van der Waals surface area contributed by atoms with Crippen molar-refractivity contribution in [3.8, 4) is 0 Å². The van der Waals surface area contributed by atoms with E-state index in [1.54, 1.807) is 6.92 Å². The summed E-state index contributed by atoms with van der Waals surface area (Å²) in [6.45, 7) is 7.57. The Balaban J connectivity index is 0.000000318. The second-order valence-electron chi connectivity index (χ2n) is 4.01. The van der Waals surface area contributed by atoms with Crippen LogP contribution in [0.3, 0.4) is 0 Å². The predicted octanol–water partition coefficient (Wildman–Crippen LogP) is 3.37. The van der Waals surface area contributed by atoms with Crippen molar-refractivity contribution in [3.05, 3.63) is 35.9 Å². The Morgan fingerprint density at radius 2 is 1.94 bits per heavy atom. The molecule has 3 heteroatoms. The first-order valence-electron chi connectivity index (χ1n) is 5.68. The molecule has 1 aromatic carbocycles. The van der Waals surface area contributed by atoms with Gasteiger partial charge in [0.05, 0.1) is 5.71 Å². The van der Waals surface area contributed by atoms with Crippen molar-refractivity contribution in [1.82, 2.24) is 0 Å². The van der Waals surface area contributed by atoms with Crippen molar-refractivity contribution in [3.63, 3.8) is 0 Å². The molecule has 0 aliphatic heterocycles. The van der Waals surface area contributed by atoms with E-state index in [0.29, 0.717) is 6.42 Å². The van der Waals surface area contributed by atoms with E-state index >= 15 is 0 Å². The van der Waals surface area contributed by atoms with Crippen LogP contribution < -0.4 is 0 Å². The van der Waals surface area contributed by atoms with Crippen molar-refractivity contribution in [1.29, 1.82) is 0 Å². The van der Waals surface area contributed by atoms with Gasteiger partial charge < -0.3 is 9.63 Å². The van der Waals surface area contributed by atoms with Crippen LogP contribution in [0.2, 0.25) is 0 Å². The van der Waals surface area contributed by atoms with Crippen LogP contribution in [0.25, 0.3) is 0 Å². The summed E-state index contributed by atoms with van der Waals surface area (Å²) in [5.74, 6) is 0. The molecule has 1 unspecified atom stereocenters. The normalized spacial score (nSPS) is 10.6. The molecule has 0 fully saturated rings. The maximum atomic E-state index is 9.93. The third kappa shape index (κ3) is 10.6. The number of nitrogens with zero attached hydrogens (tertiary/aromatic N) is 1. The standard InChI is InChI=1S/C7H13NO2.C7H8/c1-6(2)8-10-7(3)4-5-9;1-7-5-3-2-4-6-7/h5,7H,4H2,1-3H3;2-6H,1H3. The Morgan fingerprint density at radius 1 is 1.35 bits per heavy atom. The number of hydrogen-bond acceptors (Lipinski definition) is 3. The minimum absolute atomic E-state index is 0.104. The van der Waals surface area contributed by atoms with Crippen LogP contribution in [0, 0.1) is 6.92 Å². The van der Waals surface area contributed by atoms with Gasteiger partial charge in [-0.15, -0.1) is 0 Å². The minimum atomic E-state index is -0.104. The molecule has 3 nitrogen and oxygen atoms in total. The lowest BCUT2D eigenvalue weighted by Gasteiger charge is -2.04. The van der Waals surface area contributed by atoms with Gasteiger partial charge in [-0.05, 0) is 27.7 Å². The number of carbonyl (C=O) groups excluding carboxylic acids is 1. The summed E-state index contributed by atoms with van der Waals surface area (Å²) in [6.07, 6.45) is 1.12. The molecule has 0 saturated heterocycles. The van der Waals surface area contributed by atoms with Crippen molar-refractivity contribution < 1.29 is 9.63 Å². The van der Waals surface area contributed by atoms with Crippen molar-refractivity contribution in [2.75, 3.05) is 0 Å². The number of aryl methyl sites for hydroxylation is 1. The highest BCUT2D eigenvalue weighted by molar-refractivity contribution is 5.78. The third-order valence-corrected chi connectivity index (χ3v) is 1.78. The van der Waals surface area contributed by atoms with Crippen LogP contribution in [0.5, 0.6) is 0 Å². The largest absolute Gasteiger partial charge is 0.392 e. The number of oxime groups is 1. The molecule has 0 amide bonds. The molecule has 17 heavy (non-hydrogen) atoms. The van der Waals surface area contributed by atoms with Gasteiger partial charge in [-0.25, -0.2) is 0 Å².